The van der Waals surface area contributed by atoms with Crippen LogP contribution in [0.1, 0.15) is 37.2 Å². The van der Waals surface area contributed by atoms with Gasteiger partial charge in [-0.1, -0.05) is 33.6 Å². The van der Waals surface area contributed by atoms with Crippen molar-refractivity contribution in [2.24, 2.45) is 17.8 Å². The van der Waals surface area contributed by atoms with Crippen LogP contribution in [0, 0.1) is 17.8 Å². The van der Waals surface area contributed by atoms with Gasteiger partial charge in [-0.3, -0.25) is 33.8 Å². The zero-order valence-corrected chi connectivity index (χ0v) is 23.8. The monoisotopic (exact) mass is 642 g/mol. The molecule has 5 rings (SSSR count). The fraction of sp³-hybridized carbons (Fsp3) is 0.500. The third kappa shape index (κ3) is 3.83. The van der Waals surface area contributed by atoms with Crippen LogP contribution in [0.5, 0.6) is 11.5 Å². The third-order valence-electron chi connectivity index (χ3n) is 8.41. The minimum absolute atomic E-state index is 0.0333. The van der Waals surface area contributed by atoms with E-state index in [1.807, 2.05) is 0 Å². The second-order valence-electron chi connectivity index (χ2n) is 10.2. The molecule has 4 amide bonds. The van der Waals surface area contributed by atoms with Crippen molar-refractivity contribution in [1.29, 1.82) is 0 Å². The number of carbonyl (C=O) groups is 5. The van der Waals surface area contributed by atoms with Crippen molar-refractivity contribution < 1.29 is 38.9 Å². The number of allylic oxidation sites excluding steroid dienone is 2. The van der Waals surface area contributed by atoms with E-state index in [0.29, 0.717) is 11.1 Å². The minimum Gasteiger partial charge on any atom is -0.508 e. The molecule has 1 saturated carbocycles. The molecule has 208 valence electrons. The molecular formula is C26H25BrCl2N2O8. The molecule has 2 N–H and O–H groups in total. The van der Waals surface area contributed by atoms with Crippen molar-refractivity contribution in [3.63, 3.8) is 0 Å². The number of methoxy groups -OCH3 is 1. The van der Waals surface area contributed by atoms with Crippen LogP contribution in [-0.2, 0) is 24.0 Å². The molecule has 2 heterocycles. The number of carboxylic acids is 1. The van der Waals surface area contributed by atoms with E-state index in [1.165, 1.54) is 19.2 Å². The Balaban J connectivity index is 1.65. The summed E-state index contributed by atoms with van der Waals surface area (Å²) < 4.78 is 5.52. The van der Waals surface area contributed by atoms with Gasteiger partial charge in [0.25, 0.3) is 11.8 Å². The lowest BCUT2D eigenvalue weighted by Crippen LogP contribution is -2.60. The fourth-order valence-electron chi connectivity index (χ4n) is 6.71. The van der Waals surface area contributed by atoms with E-state index < -0.39 is 63.0 Å². The first-order valence-corrected chi connectivity index (χ1v) is 14.2. The minimum atomic E-state index is -1.98. The van der Waals surface area contributed by atoms with Gasteiger partial charge in [0.2, 0.25) is 11.8 Å². The van der Waals surface area contributed by atoms with Gasteiger partial charge in [0.05, 0.1) is 24.4 Å². The number of fused-ring (bicyclic) bond motifs is 4. The van der Waals surface area contributed by atoms with Gasteiger partial charge in [-0.15, -0.1) is 23.2 Å². The highest BCUT2D eigenvalue weighted by Crippen LogP contribution is 2.66. The number of phenolic OH excluding ortho intramolecular Hbond substituents is 1. The maximum absolute atomic E-state index is 13.8. The Morgan fingerprint density at radius 1 is 1.13 bits per heavy atom. The number of halogens is 3. The maximum atomic E-state index is 13.8. The number of aliphatic carboxylic acids is 1. The molecule has 4 aliphatic rings. The molecule has 13 heteroatoms. The highest BCUT2D eigenvalue weighted by atomic mass is 79.9. The zero-order chi connectivity index (χ0) is 28.4. The number of hydrogen-bond donors (Lipinski definition) is 2. The summed E-state index contributed by atoms with van der Waals surface area (Å²) in [7, 11) is 1.39. The predicted octanol–water partition coefficient (Wildman–Crippen LogP) is 2.98. The number of hydrogen-bond acceptors (Lipinski definition) is 7. The largest absolute Gasteiger partial charge is 0.508 e. The van der Waals surface area contributed by atoms with Crippen molar-refractivity contribution in [2.45, 2.75) is 41.3 Å². The van der Waals surface area contributed by atoms with E-state index in [4.69, 9.17) is 33.0 Å². The lowest BCUT2D eigenvalue weighted by Gasteiger charge is -2.51. The average Bonchev–Trinajstić information content (AvgIpc) is 3.22. The first-order valence-electron chi connectivity index (χ1n) is 12.4. The van der Waals surface area contributed by atoms with Crippen molar-refractivity contribution in [2.75, 3.05) is 19.1 Å². The van der Waals surface area contributed by atoms with Crippen LogP contribution in [0.4, 0.5) is 0 Å². The Labute approximate surface area is 242 Å². The highest BCUT2D eigenvalue weighted by molar-refractivity contribution is 9.09. The van der Waals surface area contributed by atoms with Crippen molar-refractivity contribution in [1.82, 2.24) is 9.80 Å². The Morgan fingerprint density at radius 2 is 1.85 bits per heavy atom. The molecule has 2 aliphatic carbocycles. The van der Waals surface area contributed by atoms with Crippen LogP contribution >= 0.6 is 39.1 Å². The predicted molar refractivity (Wildman–Crippen MR) is 142 cm³/mol. The number of rotatable bonds is 7. The van der Waals surface area contributed by atoms with Crippen molar-refractivity contribution in [3.8, 4) is 11.5 Å². The molecule has 1 aromatic rings. The lowest BCUT2D eigenvalue weighted by atomic mass is 9.56. The third-order valence-corrected chi connectivity index (χ3v) is 10.3. The van der Waals surface area contributed by atoms with E-state index in [1.54, 1.807) is 12.1 Å². The summed E-state index contributed by atoms with van der Waals surface area (Å²) in [6.07, 6.45) is 1.75. The second kappa shape index (κ2) is 9.78. The summed E-state index contributed by atoms with van der Waals surface area (Å²) in [5.74, 6) is -6.46. The van der Waals surface area contributed by atoms with E-state index >= 15 is 0 Å². The van der Waals surface area contributed by atoms with Gasteiger partial charge in [-0.25, -0.2) is 0 Å². The fourth-order valence-corrected chi connectivity index (χ4v) is 8.13. The topological polar surface area (TPSA) is 142 Å². The summed E-state index contributed by atoms with van der Waals surface area (Å²) >= 11 is 17.5. The summed E-state index contributed by atoms with van der Waals surface area (Å²) in [6.45, 7) is -0.0333. The van der Waals surface area contributed by atoms with Crippen LogP contribution in [0.15, 0.2) is 29.8 Å². The number of phenols is 1. The van der Waals surface area contributed by atoms with E-state index in [2.05, 4.69) is 15.9 Å². The van der Waals surface area contributed by atoms with Crippen LogP contribution in [-0.4, -0.2) is 78.5 Å². The highest BCUT2D eigenvalue weighted by Gasteiger charge is 2.76. The van der Waals surface area contributed by atoms with Crippen molar-refractivity contribution >= 4 is 68.7 Å². The number of nitrogens with zero attached hydrogens (tertiary/aromatic N) is 2. The molecule has 0 bridgehead atoms. The number of amides is 4. The number of carboxylic acid groups (broad SMARTS) is 1. The van der Waals surface area contributed by atoms with Crippen LogP contribution in [0.3, 0.4) is 0 Å². The van der Waals surface area contributed by atoms with Gasteiger partial charge in [0.1, 0.15) is 11.5 Å². The Bertz CT molecular complexity index is 1340. The number of imide groups is 2. The van der Waals surface area contributed by atoms with Gasteiger partial charge in [-0.05, 0) is 31.2 Å². The SMILES string of the molecule is COc1cc(O)ccc1C1C2=CCC3C(=O)N(CCCC(=O)O)C(=O)C3C2CC2(Cl)C(=O)N(CBr)C(=O)C12Cl. The smallest absolute Gasteiger partial charge is 0.303 e. The quantitative estimate of drug-likeness (QED) is 0.200. The van der Waals surface area contributed by atoms with E-state index in [-0.39, 0.29) is 49.2 Å². The first-order chi connectivity index (χ1) is 18.4. The lowest BCUT2D eigenvalue weighted by molar-refractivity contribution is -0.142. The number of ether oxygens (including phenoxy) is 1. The van der Waals surface area contributed by atoms with Gasteiger partial charge in [0.15, 0.2) is 9.75 Å². The number of benzene rings is 1. The number of likely N-dealkylation sites (tertiary alicyclic amines) is 2. The molecule has 1 aromatic carbocycles. The second-order valence-corrected chi connectivity index (χ2v) is 12.0. The molecule has 2 aliphatic heterocycles. The number of alkyl halides is 3. The normalized spacial score (nSPS) is 33.6. The van der Waals surface area contributed by atoms with E-state index in [9.17, 15) is 29.1 Å². The van der Waals surface area contributed by atoms with Crippen LogP contribution in [0.25, 0.3) is 0 Å². The molecule has 10 nitrogen and oxygen atoms in total. The Morgan fingerprint density at radius 3 is 2.49 bits per heavy atom. The average molecular weight is 644 g/mol. The van der Waals surface area contributed by atoms with Gasteiger partial charge >= 0.3 is 5.97 Å². The zero-order valence-electron chi connectivity index (χ0n) is 20.7. The molecule has 0 radical (unpaired) electrons. The molecule has 2 saturated heterocycles. The number of aromatic hydroxyl groups is 1. The first kappa shape index (κ1) is 27.9. The van der Waals surface area contributed by atoms with E-state index in [0.717, 1.165) is 9.80 Å². The summed E-state index contributed by atoms with van der Waals surface area (Å²) in [5, 5.41) is 19.1. The molecular weight excluding hydrogens is 619 g/mol. The molecule has 3 fully saturated rings. The van der Waals surface area contributed by atoms with Gasteiger partial charge in [0, 0.05) is 30.5 Å². The molecule has 6 atom stereocenters. The van der Waals surface area contributed by atoms with Gasteiger partial charge < -0.3 is 14.9 Å². The van der Waals surface area contributed by atoms with Gasteiger partial charge in [-0.2, -0.15) is 0 Å². The van der Waals surface area contributed by atoms with Crippen LogP contribution in [0.2, 0.25) is 0 Å². The Hall–Kier alpha value is -2.63. The van der Waals surface area contributed by atoms with Crippen molar-refractivity contribution in [3.05, 3.63) is 35.4 Å². The maximum Gasteiger partial charge on any atom is 0.303 e. The summed E-state index contributed by atoms with van der Waals surface area (Å²) in [5.41, 5.74) is 0.854. The summed E-state index contributed by atoms with van der Waals surface area (Å²) in [6, 6.07) is 4.31. The number of carbonyl (C=O) groups excluding carboxylic acids is 4. The standard InChI is InChI=1S/C26H25BrCl2N2O8/c1-39-17-9-12(32)4-5-14(17)20-13-6-7-15-19(22(36)30(21(15)35)8-2-3-18(33)34)16(13)10-25(28)23(37)31(11-27)24(38)26(20,25)29/h4-6,9,15-16,19-20,32H,2-3,7-8,10-11H2,1H3,(H,33,34). The molecule has 6 unspecified atom stereocenters. The van der Waals surface area contributed by atoms with Crippen LogP contribution < -0.4 is 4.74 Å². The Kier molecular flexibility index (Phi) is 7.00. The molecule has 39 heavy (non-hydrogen) atoms. The summed E-state index contributed by atoms with van der Waals surface area (Å²) in [4.78, 5) is 63.4. The molecule has 0 aromatic heterocycles. The molecule has 0 spiro atoms.